The summed E-state index contributed by atoms with van der Waals surface area (Å²) in [4.78, 5) is 10.1. The zero-order valence-electron chi connectivity index (χ0n) is 9.47. The number of ether oxygens (including phenoxy) is 1. The molecule has 0 aromatic carbocycles. The van der Waals surface area contributed by atoms with Crippen LogP contribution in [-0.4, -0.2) is 34.4 Å². The maximum absolute atomic E-state index is 10.6. The van der Waals surface area contributed by atoms with Gasteiger partial charge in [-0.2, -0.15) is 0 Å². The first-order chi connectivity index (χ1) is 7.65. The average Bonchev–Trinajstić information content (AvgIpc) is 2.59. The van der Waals surface area contributed by atoms with Gasteiger partial charge in [0.15, 0.2) is 0 Å². The van der Waals surface area contributed by atoms with Crippen molar-refractivity contribution in [1.82, 2.24) is 15.1 Å². The molecule has 1 N–H and O–H groups in total. The van der Waals surface area contributed by atoms with Crippen molar-refractivity contribution < 1.29 is 9.66 Å². The van der Waals surface area contributed by atoms with Crippen LogP contribution in [0.5, 0.6) is 5.88 Å². The van der Waals surface area contributed by atoms with Crippen molar-refractivity contribution in [3.05, 3.63) is 16.3 Å². The van der Waals surface area contributed by atoms with Gasteiger partial charge in [-0.05, 0) is 13.0 Å². The molecule has 0 saturated heterocycles. The maximum atomic E-state index is 10.6. The fraction of sp³-hybridized carbons (Fsp3) is 0.667. The second kappa shape index (κ2) is 6.06. The van der Waals surface area contributed by atoms with Gasteiger partial charge in [-0.15, -0.1) is 5.10 Å². The van der Waals surface area contributed by atoms with Crippen LogP contribution in [0.15, 0.2) is 6.20 Å². The van der Waals surface area contributed by atoms with Crippen LogP contribution in [0.3, 0.4) is 0 Å². The average molecular weight is 228 g/mol. The van der Waals surface area contributed by atoms with Crippen LogP contribution in [0.4, 0.5) is 5.69 Å². The predicted octanol–water partition coefficient (Wildman–Crippen LogP) is 0.707. The first-order valence-electron chi connectivity index (χ1n) is 5.16. The summed E-state index contributed by atoms with van der Waals surface area (Å²) in [7, 11) is 1.62. The third-order valence-corrected chi connectivity index (χ3v) is 1.92. The van der Waals surface area contributed by atoms with Gasteiger partial charge in [0.1, 0.15) is 12.8 Å². The summed E-state index contributed by atoms with van der Waals surface area (Å²) in [6.45, 7) is 4.00. The third-order valence-electron chi connectivity index (χ3n) is 1.92. The van der Waals surface area contributed by atoms with Crippen molar-refractivity contribution in [2.75, 3.05) is 19.7 Å². The van der Waals surface area contributed by atoms with Crippen LogP contribution in [0.1, 0.15) is 13.3 Å². The van der Waals surface area contributed by atoms with Gasteiger partial charge in [-0.25, -0.2) is 0 Å². The molecular weight excluding hydrogens is 212 g/mol. The van der Waals surface area contributed by atoms with Crippen LogP contribution in [0, 0.1) is 10.1 Å². The summed E-state index contributed by atoms with van der Waals surface area (Å²) in [5, 5.41) is 17.6. The molecule has 0 atom stereocenters. The molecule has 1 aromatic heterocycles. The van der Waals surface area contributed by atoms with Gasteiger partial charge in [0.2, 0.25) is 0 Å². The summed E-state index contributed by atoms with van der Waals surface area (Å²) in [5.74, 6) is 0.0748. The van der Waals surface area contributed by atoms with E-state index in [1.807, 2.05) is 0 Å². The van der Waals surface area contributed by atoms with Gasteiger partial charge in [-0.1, -0.05) is 6.92 Å². The Kier molecular flexibility index (Phi) is 4.71. The molecule has 1 heterocycles. The highest BCUT2D eigenvalue weighted by Crippen LogP contribution is 2.23. The molecule has 0 unspecified atom stereocenters. The molecular formula is C9H16N4O3. The van der Waals surface area contributed by atoms with Crippen molar-refractivity contribution in [3.63, 3.8) is 0 Å². The fourth-order valence-corrected chi connectivity index (χ4v) is 1.21. The van der Waals surface area contributed by atoms with E-state index in [0.29, 0.717) is 13.2 Å². The number of hydrogen-bond acceptors (Lipinski definition) is 5. The molecule has 0 radical (unpaired) electrons. The summed E-state index contributed by atoms with van der Waals surface area (Å²) < 4.78 is 6.60. The van der Waals surface area contributed by atoms with E-state index in [-0.39, 0.29) is 11.6 Å². The monoisotopic (exact) mass is 228 g/mol. The summed E-state index contributed by atoms with van der Waals surface area (Å²) in [5.41, 5.74) is -0.0991. The molecule has 0 aliphatic rings. The molecule has 90 valence electrons. The van der Waals surface area contributed by atoms with Gasteiger partial charge < -0.3 is 10.1 Å². The van der Waals surface area contributed by atoms with Crippen molar-refractivity contribution in [2.45, 2.75) is 13.3 Å². The normalized spacial score (nSPS) is 10.4. The van der Waals surface area contributed by atoms with Crippen LogP contribution in [0.25, 0.3) is 0 Å². The molecule has 0 amide bonds. The first-order valence-corrected chi connectivity index (χ1v) is 5.16. The van der Waals surface area contributed by atoms with Crippen LogP contribution in [-0.2, 0) is 7.05 Å². The lowest BCUT2D eigenvalue weighted by Crippen LogP contribution is -2.21. The maximum Gasteiger partial charge on any atom is 0.350 e. The number of rotatable bonds is 7. The van der Waals surface area contributed by atoms with Gasteiger partial charge >= 0.3 is 11.6 Å². The highest BCUT2D eigenvalue weighted by Gasteiger charge is 2.19. The van der Waals surface area contributed by atoms with Gasteiger partial charge in [0.25, 0.3) is 0 Å². The van der Waals surface area contributed by atoms with E-state index < -0.39 is 4.92 Å². The molecule has 1 rings (SSSR count). The van der Waals surface area contributed by atoms with Crippen molar-refractivity contribution in [1.29, 1.82) is 0 Å². The number of nitrogens with one attached hydrogen (secondary N) is 1. The lowest BCUT2D eigenvalue weighted by molar-refractivity contribution is -0.385. The lowest BCUT2D eigenvalue weighted by atomic mass is 10.5. The van der Waals surface area contributed by atoms with Gasteiger partial charge in [0.05, 0.1) is 4.92 Å². The molecule has 1 aromatic rings. The van der Waals surface area contributed by atoms with Crippen LogP contribution >= 0.6 is 0 Å². The third kappa shape index (κ3) is 3.50. The van der Waals surface area contributed by atoms with E-state index in [2.05, 4.69) is 17.3 Å². The second-order valence-corrected chi connectivity index (χ2v) is 3.35. The molecule has 0 bridgehead atoms. The molecule has 0 spiro atoms. The highest BCUT2D eigenvalue weighted by atomic mass is 16.6. The Bertz CT molecular complexity index is 351. The SMILES string of the molecule is CCCNCCOc1nn(C)cc1[N+](=O)[O-]. The minimum atomic E-state index is -0.498. The largest absolute Gasteiger partial charge is 0.470 e. The zero-order chi connectivity index (χ0) is 12.0. The molecule has 7 heteroatoms. The molecule has 0 fully saturated rings. The van der Waals surface area contributed by atoms with Crippen LogP contribution in [0.2, 0.25) is 0 Å². The molecule has 0 aliphatic heterocycles. The minimum Gasteiger partial charge on any atom is -0.470 e. The molecule has 0 aliphatic carbocycles. The summed E-state index contributed by atoms with van der Waals surface area (Å²) in [6.07, 6.45) is 2.37. The number of hydrogen-bond donors (Lipinski definition) is 1. The van der Waals surface area contributed by atoms with E-state index in [9.17, 15) is 10.1 Å². The number of aryl methyl sites for hydroxylation is 1. The zero-order valence-corrected chi connectivity index (χ0v) is 9.47. The Morgan fingerprint density at radius 1 is 1.62 bits per heavy atom. The molecule has 16 heavy (non-hydrogen) atoms. The Hall–Kier alpha value is -1.63. The topological polar surface area (TPSA) is 82.2 Å². The number of nitro groups is 1. The van der Waals surface area contributed by atoms with E-state index in [0.717, 1.165) is 13.0 Å². The van der Waals surface area contributed by atoms with E-state index in [4.69, 9.17) is 4.74 Å². The Morgan fingerprint density at radius 2 is 2.38 bits per heavy atom. The van der Waals surface area contributed by atoms with E-state index in [1.165, 1.54) is 10.9 Å². The standard InChI is InChI=1S/C9H16N4O3/c1-3-4-10-5-6-16-9-8(13(14)15)7-12(2)11-9/h7,10H,3-6H2,1-2H3. The van der Waals surface area contributed by atoms with Crippen molar-refractivity contribution in [3.8, 4) is 5.88 Å². The summed E-state index contributed by atoms with van der Waals surface area (Å²) >= 11 is 0. The predicted molar refractivity (Wildman–Crippen MR) is 58.5 cm³/mol. The van der Waals surface area contributed by atoms with Crippen molar-refractivity contribution in [2.24, 2.45) is 7.05 Å². The van der Waals surface area contributed by atoms with Gasteiger partial charge in [-0.3, -0.25) is 14.8 Å². The first kappa shape index (κ1) is 12.4. The van der Waals surface area contributed by atoms with Crippen LogP contribution < -0.4 is 10.1 Å². The Balaban J connectivity index is 2.44. The quantitative estimate of drug-likeness (QED) is 0.422. The second-order valence-electron chi connectivity index (χ2n) is 3.35. The van der Waals surface area contributed by atoms with Crippen molar-refractivity contribution >= 4 is 5.69 Å². The minimum absolute atomic E-state index is 0.0748. The number of nitrogens with zero attached hydrogens (tertiary/aromatic N) is 3. The Labute approximate surface area is 93.5 Å². The molecule has 7 nitrogen and oxygen atoms in total. The van der Waals surface area contributed by atoms with E-state index in [1.54, 1.807) is 7.05 Å². The number of aromatic nitrogens is 2. The Morgan fingerprint density at radius 3 is 3.00 bits per heavy atom. The fourth-order valence-electron chi connectivity index (χ4n) is 1.21. The molecule has 0 saturated carbocycles. The lowest BCUT2D eigenvalue weighted by Gasteiger charge is -2.03. The highest BCUT2D eigenvalue weighted by molar-refractivity contribution is 5.38. The smallest absolute Gasteiger partial charge is 0.350 e. The summed E-state index contributed by atoms with van der Waals surface area (Å²) in [6, 6.07) is 0. The van der Waals surface area contributed by atoms with E-state index >= 15 is 0 Å². The van der Waals surface area contributed by atoms with Gasteiger partial charge in [0, 0.05) is 13.6 Å².